The lowest BCUT2D eigenvalue weighted by Gasteiger charge is -2.42. The largest absolute Gasteiger partial charge is 0.497 e. The normalized spacial score (nSPS) is 21.3. The molecule has 2 unspecified atom stereocenters. The minimum absolute atomic E-state index is 0. The summed E-state index contributed by atoms with van der Waals surface area (Å²) in [4.78, 5) is 15.3. The van der Waals surface area contributed by atoms with Crippen molar-refractivity contribution in [2.24, 2.45) is 0 Å². The summed E-state index contributed by atoms with van der Waals surface area (Å²) in [6, 6.07) is 13.0. The summed E-state index contributed by atoms with van der Waals surface area (Å²) in [5, 5.41) is 14.5. The van der Waals surface area contributed by atoms with Gasteiger partial charge in [-0.15, -0.1) is 0 Å². The summed E-state index contributed by atoms with van der Waals surface area (Å²) < 4.78 is 22.2. The summed E-state index contributed by atoms with van der Waals surface area (Å²) in [5.74, 6) is 2.55. The molecule has 8 nitrogen and oxygen atoms in total. The molecule has 1 saturated heterocycles. The molecule has 4 rings (SSSR count). The number of hydrogen-bond acceptors (Lipinski definition) is 7. The molecule has 0 aliphatic carbocycles. The van der Waals surface area contributed by atoms with Crippen molar-refractivity contribution in [1.29, 1.82) is 0 Å². The Balaban J connectivity index is 0.00000253. The Kier molecular flexibility index (Phi) is 8.93. The fraction of sp³-hybridized carbons (Fsp3) is 0.536. The van der Waals surface area contributed by atoms with E-state index in [0.717, 1.165) is 18.6 Å². The highest BCUT2D eigenvalue weighted by molar-refractivity contribution is 5.76. The Bertz CT molecular complexity index is 999. The van der Waals surface area contributed by atoms with Crippen molar-refractivity contribution in [3.8, 4) is 23.0 Å². The van der Waals surface area contributed by atoms with Crippen LogP contribution in [-0.4, -0.2) is 67.5 Å². The first-order chi connectivity index (χ1) is 17.4. The van der Waals surface area contributed by atoms with E-state index >= 15 is 0 Å². The number of fused-ring (bicyclic) bond motifs is 1. The third-order valence-electron chi connectivity index (χ3n) is 7.08. The van der Waals surface area contributed by atoms with Gasteiger partial charge >= 0.3 is 0 Å². The van der Waals surface area contributed by atoms with Gasteiger partial charge in [0.15, 0.2) is 11.5 Å². The van der Waals surface area contributed by atoms with Crippen LogP contribution in [0.5, 0.6) is 23.0 Å². The molecule has 0 spiro atoms. The van der Waals surface area contributed by atoms with Gasteiger partial charge in [-0.25, -0.2) is 0 Å². The molecule has 36 heavy (non-hydrogen) atoms. The molecular formula is C28H42N2O6. The maximum Gasteiger partial charge on any atom is 0.223 e. The minimum Gasteiger partial charge on any atom is -0.497 e. The average Bonchev–Trinajstić information content (AvgIpc) is 2.90. The van der Waals surface area contributed by atoms with Crippen LogP contribution in [0.25, 0.3) is 0 Å². The van der Waals surface area contributed by atoms with E-state index < -0.39 is 12.1 Å². The van der Waals surface area contributed by atoms with Crippen molar-refractivity contribution in [2.45, 2.75) is 63.8 Å². The monoisotopic (exact) mass is 502 g/mol. The first-order valence-corrected chi connectivity index (χ1v) is 12.8. The van der Waals surface area contributed by atoms with Crippen LogP contribution in [-0.2, 0) is 4.79 Å². The number of rotatable bonds is 10. The van der Waals surface area contributed by atoms with Gasteiger partial charge in [0.2, 0.25) is 5.91 Å². The van der Waals surface area contributed by atoms with Gasteiger partial charge < -0.3 is 29.4 Å². The van der Waals surface area contributed by atoms with E-state index in [4.69, 9.17) is 18.9 Å². The first kappa shape index (κ1) is 26.1. The molecule has 2 aromatic carbocycles. The summed E-state index contributed by atoms with van der Waals surface area (Å²) in [7, 11) is 1.61. The minimum atomic E-state index is -0.895. The number of likely N-dealkylation sites (tertiary alicyclic amines) is 1. The number of carbonyl (C=O) groups excluding carboxylic acids is 1. The predicted molar refractivity (Wildman–Crippen MR) is 141 cm³/mol. The molecule has 2 N–H and O–H groups in total. The molecule has 200 valence electrons. The zero-order chi connectivity index (χ0) is 25.5. The van der Waals surface area contributed by atoms with E-state index in [9.17, 15) is 9.90 Å². The van der Waals surface area contributed by atoms with Crippen LogP contribution in [0.4, 0.5) is 0 Å². The quantitative estimate of drug-likeness (QED) is 0.503. The number of aliphatic hydroxyl groups excluding tert-OH is 1. The van der Waals surface area contributed by atoms with Crippen molar-refractivity contribution in [3.63, 3.8) is 0 Å². The molecule has 0 aromatic heterocycles. The van der Waals surface area contributed by atoms with E-state index in [1.807, 2.05) is 42.5 Å². The summed E-state index contributed by atoms with van der Waals surface area (Å²) >= 11 is 0. The highest BCUT2D eigenvalue weighted by Crippen LogP contribution is 2.34. The van der Waals surface area contributed by atoms with Crippen molar-refractivity contribution in [3.05, 3.63) is 48.0 Å². The number of ether oxygens (including phenoxy) is 4. The van der Waals surface area contributed by atoms with E-state index in [1.54, 1.807) is 7.11 Å². The van der Waals surface area contributed by atoms with Crippen molar-refractivity contribution < 1.29 is 31.7 Å². The highest BCUT2D eigenvalue weighted by atomic mass is 16.6. The van der Waals surface area contributed by atoms with Gasteiger partial charge in [0.1, 0.15) is 30.8 Å². The molecule has 2 aromatic rings. The lowest BCUT2D eigenvalue weighted by Crippen LogP contribution is -2.53. The fourth-order valence-electron chi connectivity index (χ4n) is 4.97. The number of aliphatic hydroxyl groups is 1. The topological polar surface area (TPSA) is 89.5 Å². The molecular weight excluding hydrogens is 460 g/mol. The number of nitrogens with one attached hydrogen (secondary N) is 1. The standard InChI is InChI=1S/C28H38N2O6.2H2/c1-19-5-4-6-20(2)30(19)18-24(28(32)21-7-12-25-26(17-21)36-16-15-35-25)29-27(31)13-14-34-23-10-8-22(33-3)9-11-23;;/h7-12,17,19-20,24,28,32H,4-6,13-16,18H2,1-3H3,(H,29,31);2*1H/t19?,20?,24-,28+;;/m1../s1. The molecule has 1 fully saturated rings. The second-order valence-corrected chi connectivity index (χ2v) is 9.62. The number of nitrogens with zero attached hydrogens (tertiary/aromatic N) is 1. The Morgan fingerprint density at radius 1 is 1.08 bits per heavy atom. The maximum absolute atomic E-state index is 12.9. The van der Waals surface area contributed by atoms with Crippen LogP contribution in [0.15, 0.2) is 42.5 Å². The third kappa shape index (κ3) is 6.62. The number of hydrogen-bond donors (Lipinski definition) is 2. The second kappa shape index (κ2) is 12.3. The van der Waals surface area contributed by atoms with Crippen LogP contribution in [0.2, 0.25) is 0 Å². The van der Waals surface area contributed by atoms with Gasteiger partial charge in [0, 0.05) is 21.5 Å². The van der Waals surface area contributed by atoms with Gasteiger partial charge in [-0.3, -0.25) is 9.69 Å². The smallest absolute Gasteiger partial charge is 0.223 e. The summed E-state index contributed by atoms with van der Waals surface area (Å²) in [6.07, 6.45) is 2.71. The van der Waals surface area contributed by atoms with E-state index in [0.29, 0.717) is 54.7 Å². The molecule has 0 saturated carbocycles. The van der Waals surface area contributed by atoms with Gasteiger partial charge in [-0.2, -0.15) is 0 Å². The molecule has 2 heterocycles. The summed E-state index contributed by atoms with van der Waals surface area (Å²) in [6.45, 7) is 6.21. The Morgan fingerprint density at radius 2 is 1.75 bits per heavy atom. The molecule has 0 bridgehead atoms. The zero-order valence-electron chi connectivity index (χ0n) is 21.4. The molecule has 4 atom stereocenters. The summed E-state index contributed by atoms with van der Waals surface area (Å²) in [5.41, 5.74) is 0.691. The SMILES string of the molecule is COc1ccc(OCCC(=O)N[C@H](CN2C(C)CCCC2C)[C@@H](O)c2ccc3c(c2)OCCO3)cc1.[HH].[HH]. The van der Waals surface area contributed by atoms with E-state index in [2.05, 4.69) is 24.1 Å². The Labute approximate surface area is 216 Å². The van der Waals surface area contributed by atoms with Crippen LogP contribution >= 0.6 is 0 Å². The lowest BCUT2D eigenvalue weighted by atomic mass is 9.94. The molecule has 1 amide bonds. The lowest BCUT2D eigenvalue weighted by molar-refractivity contribution is -0.123. The Morgan fingerprint density at radius 3 is 2.44 bits per heavy atom. The number of methoxy groups -OCH3 is 1. The van der Waals surface area contributed by atoms with Crippen molar-refractivity contribution >= 4 is 5.91 Å². The van der Waals surface area contributed by atoms with Gasteiger partial charge in [0.25, 0.3) is 0 Å². The predicted octanol–water partition coefficient (Wildman–Crippen LogP) is 4.21. The first-order valence-electron chi connectivity index (χ1n) is 12.8. The van der Waals surface area contributed by atoms with Crippen LogP contribution < -0.4 is 24.3 Å². The van der Waals surface area contributed by atoms with Crippen LogP contribution in [0.3, 0.4) is 0 Å². The van der Waals surface area contributed by atoms with Crippen LogP contribution in [0.1, 0.15) is 54.1 Å². The van der Waals surface area contributed by atoms with E-state index in [-0.39, 0.29) is 21.8 Å². The van der Waals surface area contributed by atoms with Gasteiger partial charge in [0.05, 0.1) is 26.2 Å². The fourth-order valence-corrected chi connectivity index (χ4v) is 4.97. The van der Waals surface area contributed by atoms with E-state index in [1.165, 1.54) is 6.42 Å². The van der Waals surface area contributed by atoms with Gasteiger partial charge in [-0.1, -0.05) is 12.5 Å². The second-order valence-electron chi connectivity index (χ2n) is 9.62. The number of benzene rings is 2. The van der Waals surface area contributed by atoms with Crippen LogP contribution in [0, 0.1) is 0 Å². The maximum atomic E-state index is 12.9. The average molecular weight is 503 g/mol. The molecule has 2 aliphatic heterocycles. The number of amides is 1. The molecule has 8 heteroatoms. The third-order valence-corrected chi connectivity index (χ3v) is 7.08. The number of carbonyl (C=O) groups is 1. The molecule has 2 aliphatic rings. The van der Waals surface area contributed by atoms with Gasteiger partial charge in [-0.05, 0) is 68.7 Å². The highest BCUT2D eigenvalue weighted by Gasteiger charge is 2.32. The zero-order valence-corrected chi connectivity index (χ0v) is 21.4. The number of piperidine rings is 1. The Hall–Kier alpha value is -2.97. The molecule has 0 radical (unpaired) electrons. The van der Waals surface area contributed by atoms with Crippen molar-refractivity contribution in [1.82, 2.24) is 10.2 Å². The van der Waals surface area contributed by atoms with Crippen molar-refractivity contribution in [2.75, 3.05) is 33.5 Å².